The highest BCUT2D eigenvalue weighted by Crippen LogP contribution is 2.51. The molecule has 0 bridgehead atoms. The van der Waals surface area contributed by atoms with Crippen LogP contribution in [0.3, 0.4) is 0 Å². The van der Waals surface area contributed by atoms with Gasteiger partial charge in [-0.1, -0.05) is 127 Å². The Labute approximate surface area is 362 Å². The summed E-state index contributed by atoms with van der Waals surface area (Å²) in [5.74, 6) is 0. The summed E-state index contributed by atoms with van der Waals surface area (Å²) in [6.07, 6.45) is 0. The molecule has 10 aromatic carbocycles. The first-order valence-electron chi connectivity index (χ1n) is 21.1. The molecule has 0 N–H and O–H groups in total. The van der Waals surface area contributed by atoms with Gasteiger partial charge in [0.2, 0.25) is 0 Å². The number of nitrogens with zero attached hydrogens (tertiary/aromatic N) is 5. The van der Waals surface area contributed by atoms with Crippen LogP contribution in [-0.4, -0.2) is 9.13 Å². The van der Waals surface area contributed by atoms with Crippen molar-refractivity contribution in [1.82, 2.24) is 9.13 Å². The lowest BCUT2D eigenvalue weighted by molar-refractivity contribution is 1.13. The van der Waals surface area contributed by atoms with Crippen molar-refractivity contribution in [3.8, 4) is 45.8 Å². The molecule has 0 saturated carbocycles. The molecule has 0 spiro atoms. The van der Waals surface area contributed by atoms with Gasteiger partial charge in [-0.3, -0.25) is 0 Å². The lowest BCUT2D eigenvalue weighted by atomic mass is 9.99. The summed E-state index contributed by atoms with van der Waals surface area (Å²) in [6, 6.07) is 75.1. The van der Waals surface area contributed by atoms with Gasteiger partial charge >= 0.3 is 0 Å². The van der Waals surface area contributed by atoms with Crippen molar-refractivity contribution >= 4 is 82.2 Å². The smallest absolute Gasteiger partial charge is 0.101 e. The molecular formula is C58H33N5. The van der Waals surface area contributed by atoms with Gasteiger partial charge in [0.25, 0.3) is 0 Å². The van der Waals surface area contributed by atoms with Crippen LogP contribution in [0.4, 0.5) is 17.1 Å². The zero-order valence-electron chi connectivity index (χ0n) is 33.8. The van der Waals surface area contributed by atoms with Crippen molar-refractivity contribution in [1.29, 1.82) is 10.5 Å². The van der Waals surface area contributed by atoms with E-state index in [0.717, 1.165) is 76.8 Å². The van der Waals surface area contributed by atoms with Gasteiger partial charge < -0.3 is 14.0 Å². The molecule has 0 fully saturated rings. The molecule has 0 atom stereocenters. The maximum Gasteiger partial charge on any atom is 0.101 e. The van der Waals surface area contributed by atoms with E-state index >= 15 is 0 Å². The van der Waals surface area contributed by atoms with Crippen molar-refractivity contribution < 1.29 is 0 Å². The SMILES string of the molecule is N#Cc1cc(-n2c3ccccc3c3cc4c5c(cccc5c32)-c2ccccc2-4)c(C#N)cc1-n1c2ccc(N(c3ccccc3)c3ccccc3)cc2c2c3ccccc3ccc21. The fourth-order valence-electron chi connectivity index (χ4n) is 10.5. The van der Waals surface area contributed by atoms with E-state index in [2.05, 4.69) is 196 Å². The molecule has 0 saturated heterocycles. The van der Waals surface area contributed by atoms with Gasteiger partial charge in [0.15, 0.2) is 0 Å². The first-order valence-corrected chi connectivity index (χ1v) is 21.1. The minimum Gasteiger partial charge on any atom is -0.310 e. The summed E-state index contributed by atoms with van der Waals surface area (Å²) in [4.78, 5) is 2.28. The number of benzene rings is 10. The summed E-state index contributed by atoms with van der Waals surface area (Å²) in [5, 5.41) is 31.3. The second-order valence-electron chi connectivity index (χ2n) is 16.3. The summed E-state index contributed by atoms with van der Waals surface area (Å²) in [6.45, 7) is 0. The minimum absolute atomic E-state index is 0.472. The van der Waals surface area contributed by atoms with E-state index in [1.54, 1.807) is 0 Å². The van der Waals surface area contributed by atoms with Crippen molar-refractivity contribution in [3.63, 3.8) is 0 Å². The number of anilines is 3. The number of hydrogen-bond acceptors (Lipinski definition) is 3. The van der Waals surface area contributed by atoms with Crippen molar-refractivity contribution in [2.45, 2.75) is 0 Å². The lowest BCUT2D eigenvalue weighted by Gasteiger charge is -2.25. The molecule has 2 aromatic heterocycles. The Hall–Kier alpha value is -8.90. The second kappa shape index (κ2) is 13.3. The predicted molar refractivity (Wildman–Crippen MR) is 259 cm³/mol. The minimum atomic E-state index is 0.472. The van der Waals surface area contributed by atoms with Crippen LogP contribution < -0.4 is 4.90 Å². The summed E-state index contributed by atoms with van der Waals surface area (Å²) in [5.41, 5.74) is 14.2. The van der Waals surface area contributed by atoms with Gasteiger partial charge in [0, 0.05) is 44.0 Å². The lowest BCUT2D eigenvalue weighted by Crippen LogP contribution is -2.09. The highest BCUT2D eigenvalue weighted by molar-refractivity contribution is 6.28. The molecule has 1 aliphatic carbocycles. The molecular weight excluding hydrogens is 767 g/mol. The molecule has 0 aliphatic heterocycles. The van der Waals surface area contributed by atoms with Gasteiger partial charge in [0.1, 0.15) is 12.1 Å². The molecule has 5 nitrogen and oxygen atoms in total. The first kappa shape index (κ1) is 34.9. The van der Waals surface area contributed by atoms with E-state index < -0.39 is 0 Å². The molecule has 13 rings (SSSR count). The molecule has 0 amide bonds. The third kappa shape index (κ3) is 4.91. The van der Waals surface area contributed by atoms with E-state index in [4.69, 9.17) is 0 Å². The molecule has 0 unspecified atom stereocenters. The fraction of sp³-hybridized carbons (Fsp3) is 0. The van der Waals surface area contributed by atoms with E-state index in [-0.39, 0.29) is 0 Å². The highest BCUT2D eigenvalue weighted by Gasteiger charge is 2.27. The Morgan fingerprint density at radius 2 is 0.921 bits per heavy atom. The second-order valence-corrected chi connectivity index (χ2v) is 16.3. The summed E-state index contributed by atoms with van der Waals surface area (Å²) in [7, 11) is 0. The first-order chi connectivity index (χ1) is 31.2. The third-order valence-electron chi connectivity index (χ3n) is 13.1. The Bertz CT molecular complexity index is 3950. The Morgan fingerprint density at radius 3 is 1.65 bits per heavy atom. The van der Waals surface area contributed by atoms with Crippen LogP contribution in [0.1, 0.15) is 11.1 Å². The number of nitriles is 2. The quantitative estimate of drug-likeness (QED) is 0.174. The van der Waals surface area contributed by atoms with E-state index in [1.165, 1.54) is 27.6 Å². The maximum atomic E-state index is 11.2. The molecule has 63 heavy (non-hydrogen) atoms. The fourth-order valence-corrected chi connectivity index (χ4v) is 10.5. The normalized spacial score (nSPS) is 11.8. The molecule has 12 aromatic rings. The maximum absolute atomic E-state index is 11.2. The van der Waals surface area contributed by atoms with Crippen LogP contribution in [0.15, 0.2) is 200 Å². The summed E-state index contributed by atoms with van der Waals surface area (Å²) >= 11 is 0. The van der Waals surface area contributed by atoms with Gasteiger partial charge in [0.05, 0.1) is 44.6 Å². The molecule has 1 aliphatic rings. The molecule has 0 radical (unpaired) electrons. The summed E-state index contributed by atoms with van der Waals surface area (Å²) < 4.78 is 4.39. The van der Waals surface area contributed by atoms with E-state index in [9.17, 15) is 10.5 Å². The van der Waals surface area contributed by atoms with Crippen LogP contribution >= 0.6 is 0 Å². The number of rotatable bonds is 5. The average Bonchev–Trinajstić information content (AvgIpc) is 3.98. The number of aromatic nitrogens is 2. The zero-order valence-corrected chi connectivity index (χ0v) is 33.8. The van der Waals surface area contributed by atoms with Gasteiger partial charge in [-0.15, -0.1) is 0 Å². The van der Waals surface area contributed by atoms with E-state index in [1.807, 2.05) is 30.3 Å². The van der Waals surface area contributed by atoms with Gasteiger partial charge in [-0.25, -0.2) is 0 Å². The average molecular weight is 800 g/mol. The topological polar surface area (TPSA) is 60.7 Å². The predicted octanol–water partition coefficient (Wildman–Crippen LogP) is 15.0. The Balaban J connectivity index is 1.09. The monoisotopic (exact) mass is 799 g/mol. The standard InChI is InChI=1S/C58H33N5/c59-34-37-31-55(63-51-25-12-11-22-45(51)49-33-48-44-21-10-9-20-43(44)46-23-13-24-47(56(46)48)58(49)63)38(35-60)30-54(37)62-52-29-27-41(61(39-15-3-1-4-16-39)40-17-5-2-6-18-40)32-50(52)57-42-19-8-7-14-36(42)26-28-53(57)62/h1-33H. The number of para-hydroxylation sites is 3. The van der Waals surface area contributed by atoms with Crippen molar-refractivity contribution in [3.05, 3.63) is 211 Å². The van der Waals surface area contributed by atoms with Crippen LogP contribution in [0.5, 0.6) is 0 Å². The molecule has 290 valence electrons. The largest absolute Gasteiger partial charge is 0.310 e. The number of hydrogen-bond donors (Lipinski definition) is 0. The van der Waals surface area contributed by atoms with Crippen LogP contribution in [0.2, 0.25) is 0 Å². The molecule has 2 heterocycles. The van der Waals surface area contributed by atoms with Gasteiger partial charge in [-0.2, -0.15) is 10.5 Å². The van der Waals surface area contributed by atoms with Crippen molar-refractivity contribution in [2.75, 3.05) is 4.90 Å². The molecule has 5 heteroatoms. The number of fused-ring (bicyclic) bond motifs is 12. The third-order valence-corrected chi connectivity index (χ3v) is 13.1. The van der Waals surface area contributed by atoms with Crippen LogP contribution in [-0.2, 0) is 0 Å². The van der Waals surface area contributed by atoms with Gasteiger partial charge in [-0.05, 0) is 111 Å². The Morgan fingerprint density at radius 1 is 0.349 bits per heavy atom. The van der Waals surface area contributed by atoms with Crippen LogP contribution in [0.25, 0.3) is 98.8 Å². The van der Waals surface area contributed by atoms with Crippen molar-refractivity contribution in [2.24, 2.45) is 0 Å². The van der Waals surface area contributed by atoms with E-state index in [0.29, 0.717) is 22.5 Å². The van der Waals surface area contributed by atoms with Crippen LogP contribution in [0, 0.1) is 22.7 Å². The zero-order chi connectivity index (χ0) is 41.8. The Kier molecular flexibility index (Phi) is 7.37. The highest BCUT2D eigenvalue weighted by atomic mass is 15.1.